The first-order valence-electron chi connectivity index (χ1n) is 6.15. The highest BCUT2D eigenvalue weighted by Crippen LogP contribution is 2.23. The summed E-state index contributed by atoms with van der Waals surface area (Å²) in [5, 5.41) is 6.43. The van der Waals surface area contributed by atoms with Gasteiger partial charge in [0.2, 0.25) is 0 Å². The van der Waals surface area contributed by atoms with Gasteiger partial charge in [0, 0.05) is 23.8 Å². The van der Waals surface area contributed by atoms with Crippen molar-refractivity contribution >= 4 is 28.1 Å². The maximum atomic E-state index is 5.78. The molecule has 0 saturated carbocycles. The molecule has 0 amide bonds. The van der Waals surface area contributed by atoms with E-state index in [4.69, 9.17) is 11.6 Å². The lowest BCUT2D eigenvalue weighted by Crippen LogP contribution is -2.00. The second-order valence-corrected chi connectivity index (χ2v) is 4.76. The van der Waals surface area contributed by atoms with Crippen molar-refractivity contribution in [3.05, 3.63) is 71.5 Å². The molecule has 3 rings (SSSR count). The van der Waals surface area contributed by atoms with E-state index in [-0.39, 0.29) is 0 Å². The minimum atomic E-state index is 0.522. The van der Waals surface area contributed by atoms with Gasteiger partial charge in [-0.2, -0.15) is 0 Å². The second kappa shape index (κ2) is 5.29. The van der Waals surface area contributed by atoms with Crippen LogP contribution in [0, 0.1) is 0 Å². The fourth-order valence-electron chi connectivity index (χ4n) is 2.09. The molecule has 0 atom stereocenters. The van der Waals surface area contributed by atoms with Crippen molar-refractivity contribution in [3.8, 4) is 0 Å². The summed E-state index contributed by atoms with van der Waals surface area (Å²) in [7, 11) is 0. The van der Waals surface area contributed by atoms with Crippen molar-refractivity contribution in [2.45, 2.75) is 6.54 Å². The normalized spacial score (nSPS) is 10.6. The Balaban J connectivity index is 1.84. The van der Waals surface area contributed by atoms with Gasteiger partial charge in [-0.05, 0) is 23.1 Å². The highest BCUT2D eigenvalue weighted by molar-refractivity contribution is 6.29. The van der Waals surface area contributed by atoms with Crippen molar-refractivity contribution in [3.63, 3.8) is 0 Å². The Labute approximate surface area is 117 Å². The van der Waals surface area contributed by atoms with Crippen LogP contribution >= 0.6 is 11.6 Å². The average Bonchev–Trinajstić information content (AvgIpc) is 2.47. The summed E-state index contributed by atoms with van der Waals surface area (Å²) in [6.07, 6.45) is 1.79. The molecule has 1 heterocycles. The summed E-state index contributed by atoms with van der Waals surface area (Å²) in [5.74, 6) is 0. The third kappa shape index (κ3) is 2.69. The predicted molar refractivity (Wildman–Crippen MR) is 80.5 cm³/mol. The van der Waals surface area contributed by atoms with Gasteiger partial charge >= 0.3 is 0 Å². The van der Waals surface area contributed by atoms with Crippen molar-refractivity contribution in [1.82, 2.24) is 4.98 Å². The molecule has 19 heavy (non-hydrogen) atoms. The third-order valence-electron chi connectivity index (χ3n) is 3.06. The van der Waals surface area contributed by atoms with Crippen LogP contribution in [0.5, 0.6) is 0 Å². The van der Waals surface area contributed by atoms with Gasteiger partial charge in [-0.3, -0.25) is 0 Å². The van der Waals surface area contributed by atoms with E-state index in [1.54, 1.807) is 6.20 Å². The van der Waals surface area contributed by atoms with Gasteiger partial charge < -0.3 is 5.32 Å². The molecule has 0 aliphatic heterocycles. The largest absolute Gasteiger partial charge is 0.380 e. The minimum Gasteiger partial charge on any atom is -0.380 e. The van der Waals surface area contributed by atoms with Gasteiger partial charge in [-0.25, -0.2) is 4.98 Å². The lowest BCUT2D eigenvalue weighted by Gasteiger charge is -2.09. The van der Waals surface area contributed by atoms with E-state index in [0.29, 0.717) is 5.15 Å². The fraction of sp³-hybridized carbons (Fsp3) is 0.0625. The van der Waals surface area contributed by atoms with Gasteiger partial charge in [0.05, 0.1) is 0 Å². The van der Waals surface area contributed by atoms with Crippen molar-refractivity contribution in [2.75, 3.05) is 5.32 Å². The van der Waals surface area contributed by atoms with Crippen molar-refractivity contribution in [2.24, 2.45) is 0 Å². The first-order chi connectivity index (χ1) is 9.33. The molecular weight excluding hydrogens is 256 g/mol. The van der Waals surface area contributed by atoms with Gasteiger partial charge in [-0.15, -0.1) is 0 Å². The first-order valence-corrected chi connectivity index (χ1v) is 6.53. The Bertz CT molecular complexity index is 687. The molecule has 2 nitrogen and oxygen atoms in total. The lowest BCUT2D eigenvalue weighted by molar-refractivity contribution is 1.12. The Kier molecular flexibility index (Phi) is 3.34. The van der Waals surface area contributed by atoms with Crippen LogP contribution in [-0.4, -0.2) is 4.98 Å². The van der Waals surface area contributed by atoms with Crippen LogP contribution in [0.25, 0.3) is 10.8 Å². The number of pyridine rings is 1. The number of hydrogen-bond donors (Lipinski definition) is 1. The lowest BCUT2D eigenvalue weighted by atomic mass is 10.1. The molecule has 94 valence electrons. The van der Waals surface area contributed by atoms with Crippen LogP contribution in [-0.2, 0) is 6.54 Å². The Morgan fingerprint density at radius 2 is 1.79 bits per heavy atom. The Hall–Kier alpha value is -2.06. The zero-order valence-electron chi connectivity index (χ0n) is 10.3. The van der Waals surface area contributed by atoms with Gasteiger partial charge in [0.25, 0.3) is 0 Å². The summed E-state index contributed by atoms with van der Waals surface area (Å²) in [4.78, 5) is 4.08. The molecule has 0 saturated heterocycles. The summed E-state index contributed by atoms with van der Waals surface area (Å²) in [6, 6.07) is 18.4. The summed E-state index contributed by atoms with van der Waals surface area (Å²) in [6.45, 7) is 0.734. The Morgan fingerprint density at radius 1 is 0.947 bits per heavy atom. The summed E-state index contributed by atoms with van der Waals surface area (Å²) < 4.78 is 0. The molecule has 0 spiro atoms. The van der Waals surface area contributed by atoms with E-state index < -0.39 is 0 Å². The minimum absolute atomic E-state index is 0.522. The zero-order valence-corrected chi connectivity index (χ0v) is 11.1. The van der Waals surface area contributed by atoms with Crippen LogP contribution < -0.4 is 5.32 Å². The molecule has 0 unspecified atom stereocenters. The standard InChI is InChI=1S/C16H13ClN2/c17-16-9-8-12(11-19-16)10-18-15-7-3-5-13-4-1-2-6-14(13)15/h1-9,11,18H,10H2. The van der Waals surface area contributed by atoms with Crippen LogP contribution in [0.3, 0.4) is 0 Å². The van der Waals surface area contributed by atoms with E-state index in [1.807, 2.05) is 12.1 Å². The van der Waals surface area contributed by atoms with E-state index in [9.17, 15) is 0 Å². The highest BCUT2D eigenvalue weighted by atomic mass is 35.5. The molecule has 0 aliphatic carbocycles. The number of rotatable bonds is 3. The smallest absolute Gasteiger partial charge is 0.129 e. The predicted octanol–water partition coefficient (Wildman–Crippen LogP) is 4.50. The molecule has 0 fully saturated rings. The summed E-state index contributed by atoms with van der Waals surface area (Å²) in [5.41, 5.74) is 2.24. The number of nitrogens with zero attached hydrogens (tertiary/aromatic N) is 1. The second-order valence-electron chi connectivity index (χ2n) is 4.37. The number of halogens is 1. The molecule has 2 aromatic carbocycles. The quantitative estimate of drug-likeness (QED) is 0.708. The number of hydrogen-bond acceptors (Lipinski definition) is 2. The number of benzene rings is 2. The average molecular weight is 269 g/mol. The zero-order chi connectivity index (χ0) is 13.1. The molecular formula is C16H13ClN2. The maximum Gasteiger partial charge on any atom is 0.129 e. The van der Waals surface area contributed by atoms with Crippen LogP contribution in [0.1, 0.15) is 5.56 Å². The number of aromatic nitrogens is 1. The van der Waals surface area contributed by atoms with E-state index >= 15 is 0 Å². The maximum absolute atomic E-state index is 5.78. The first kappa shape index (κ1) is 12.0. The van der Waals surface area contributed by atoms with E-state index in [0.717, 1.165) is 17.8 Å². The van der Waals surface area contributed by atoms with Gasteiger partial charge in [-0.1, -0.05) is 54.1 Å². The molecule has 0 radical (unpaired) electrons. The van der Waals surface area contributed by atoms with Crippen LogP contribution in [0.4, 0.5) is 5.69 Å². The molecule has 0 aliphatic rings. The molecule has 3 aromatic rings. The number of fused-ring (bicyclic) bond motifs is 1. The molecule has 1 aromatic heterocycles. The molecule has 3 heteroatoms. The van der Waals surface area contributed by atoms with Gasteiger partial charge in [0.1, 0.15) is 5.15 Å². The molecule has 1 N–H and O–H groups in total. The third-order valence-corrected chi connectivity index (χ3v) is 3.28. The Morgan fingerprint density at radius 3 is 2.63 bits per heavy atom. The van der Waals surface area contributed by atoms with Gasteiger partial charge in [0.15, 0.2) is 0 Å². The van der Waals surface area contributed by atoms with E-state index in [2.05, 4.69) is 52.8 Å². The van der Waals surface area contributed by atoms with Crippen LogP contribution in [0.15, 0.2) is 60.8 Å². The highest BCUT2D eigenvalue weighted by Gasteiger charge is 2.00. The number of nitrogens with one attached hydrogen (secondary N) is 1. The molecule has 0 bridgehead atoms. The number of anilines is 1. The van der Waals surface area contributed by atoms with Crippen LogP contribution in [0.2, 0.25) is 5.15 Å². The van der Waals surface area contributed by atoms with Crippen molar-refractivity contribution in [1.29, 1.82) is 0 Å². The SMILES string of the molecule is Clc1ccc(CNc2cccc3ccccc23)cn1. The monoisotopic (exact) mass is 268 g/mol. The summed E-state index contributed by atoms with van der Waals surface area (Å²) >= 11 is 5.78. The topological polar surface area (TPSA) is 24.9 Å². The van der Waals surface area contributed by atoms with Crippen molar-refractivity contribution < 1.29 is 0 Å². The van der Waals surface area contributed by atoms with E-state index in [1.165, 1.54) is 10.8 Å². The fourth-order valence-corrected chi connectivity index (χ4v) is 2.20.